The highest BCUT2D eigenvalue weighted by molar-refractivity contribution is 7.08. The normalized spacial score (nSPS) is 12.7. The molecule has 0 radical (unpaired) electrons. The average molecular weight is 263 g/mol. The second kappa shape index (κ2) is 5.35. The number of aromatic nitrogens is 2. The van der Waals surface area contributed by atoms with E-state index in [1.54, 1.807) is 17.5 Å². The standard InChI is InChI=1S/C13H17N3OS/c1-8(2)11-6-14-16-12(11)15-13(17)9(3)10-4-5-18-7-10/h4-9H,1-3H3,(H2,14,15,16,17)/t9-/m1/s1. The maximum atomic E-state index is 12.1. The van der Waals surface area contributed by atoms with E-state index in [0.717, 1.165) is 11.1 Å². The minimum atomic E-state index is -0.153. The third-order valence-electron chi connectivity index (χ3n) is 2.98. The Morgan fingerprint density at radius 1 is 1.44 bits per heavy atom. The number of rotatable bonds is 4. The molecular formula is C13H17N3OS. The van der Waals surface area contributed by atoms with Gasteiger partial charge in [0.25, 0.3) is 0 Å². The van der Waals surface area contributed by atoms with Crippen molar-refractivity contribution in [2.75, 3.05) is 5.32 Å². The van der Waals surface area contributed by atoms with E-state index in [4.69, 9.17) is 0 Å². The topological polar surface area (TPSA) is 57.8 Å². The van der Waals surface area contributed by atoms with Crippen LogP contribution in [0.15, 0.2) is 23.0 Å². The predicted molar refractivity (Wildman–Crippen MR) is 74.0 cm³/mol. The Bertz CT molecular complexity index is 516. The van der Waals surface area contributed by atoms with Gasteiger partial charge in [-0.05, 0) is 35.2 Å². The number of carbonyl (C=O) groups is 1. The van der Waals surface area contributed by atoms with Crippen molar-refractivity contribution >= 4 is 23.1 Å². The Hall–Kier alpha value is -1.62. The third kappa shape index (κ3) is 2.61. The minimum absolute atomic E-state index is 0.0143. The molecule has 0 fully saturated rings. The predicted octanol–water partition coefficient (Wildman–Crippen LogP) is 3.34. The largest absolute Gasteiger partial charge is 0.310 e. The third-order valence-corrected chi connectivity index (χ3v) is 3.68. The number of anilines is 1. The van der Waals surface area contributed by atoms with Crippen LogP contribution in [0.2, 0.25) is 0 Å². The molecule has 18 heavy (non-hydrogen) atoms. The van der Waals surface area contributed by atoms with Crippen LogP contribution >= 0.6 is 11.3 Å². The molecule has 2 rings (SSSR count). The second-order valence-electron chi connectivity index (χ2n) is 4.62. The summed E-state index contributed by atoms with van der Waals surface area (Å²) >= 11 is 1.60. The van der Waals surface area contributed by atoms with Gasteiger partial charge < -0.3 is 5.32 Å². The number of hydrogen-bond donors (Lipinski definition) is 2. The first-order valence-electron chi connectivity index (χ1n) is 5.95. The fraction of sp³-hybridized carbons (Fsp3) is 0.385. The minimum Gasteiger partial charge on any atom is -0.310 e. The van der Waals surface area contributed by atoms with Crippen LogP contribution in [0.4, 0.5) is 5.82 Å². The van der Waals surface area contributed by atoms with Crippen molar-refractivity contribution in [2.24, 2.45) is 0 Å². The summed E-state index contributed by atoms with van der Waals surface area (Å²) in [5.41, 5.74) is 2.07. The molecule has 0 bridgehead atoms. The number of hydrogen-bond acceptors (Lipinski definition) is 3. The van der Waals surface area contributed by atoms with Crippen LogP contribution in [0.5, 0.6) is 0 Å². The van der Waals surface area contributed by atoms with Crippen molar-refractivity contribution in [3.63, 3.8) is 0 Å². The van der Waals surface area contributed by atoms with Crippen molar-refractivity contribution in [3.05, 3.63) is 34.2 Å². The molecule has 0 aliphatic rings. The summed E-state index contributed by atoms with van der Waals surface area (Å²) in [5.74, 6) is 0.867. The van der Waals surface area contributed by atoms with Crippen LogP contribution in [0.1, 0.15) is 43.7 Å². The number of amides is 1. The van der Waals surface area contributed by atoms with Crippen LogP contribution in [0, 0.1) is 0 Å². The van der Waals surface area contributed by atoms with Gasteiger partial charge >= 0.3 is 0 Å². The first-order valence-corrected chi connectivity index (χ1v) is 6.90. The summed E-state index contributed by atoms with van der Waals surface area (Å²) in [6.45, 7) is 6.05. The summed E-state index contributed by atoms with van der Waals surface area (Å²) in [4.78, 5) is 12.1. The van der Waals surface area contributed by atoms with Gasteiger partial charge in [-0.15, -0.1) is 0 Å². The molecule has 0 aromatic carbocycles. The van der Waals surface area contributed by atoms with Gasteiger partial charge in [0.05, 0.1) is 12.1 Å². The highest BCUT2D eigenvalue weighted by Gasteiger charge is 2.18. The first kappa shape index (κ1) is 12.8. The molecule has 0 saturated heterocycles. The van der Waals surface area contributed by atoms with Crippen molar-refractivity contribution in [2.45, 2.75) is 32.6 Å². The lowest BCUT2D eigenvalue weighted by atomic mass is 10.0. The molecule has 0 spiro atoms. The summed E-state index contributed by atoms with van der Waals surface area (Å²) in [6.07, 6.45) is 1.76. The van der Waals surface area contributed by atoms with Gasteiger partial charge in [0.1, 0.15) is 5.82 Å². The lowest BCUT2D eigenvalue weighted by Crippen LogP contribution is -2.19. The number of carbonyl (C=O) groups excluding carboxylic acids is 1. The zero-order valence-electron chi connectivity index (χ0n) is 10.7. The van der Waals surface area contributed by atoms with Crippen molar-refractivity contribution < 1.29 is 4.79 Å². The van der Waals surface area contributed by atoms with Gasteiger partial charge in [-0.25, -0.2) is 0 Å². The van der Waals surface area contributed by atoms with Gasteiger partial charge in [0, 0.05) is 5.56 Å². The van der Waals surface area contributed by atoms with Gasteiger partial charge in [-0.3, -0.25) is 9.89 Å². The number of H-pyrrole nitrogens is 1. The molecule has 2 N–H and O–H groups in total. The maximum absolute atomic E-state index is 12.1. The van der Waals surface area contributed by atoms with Crippen LogP contribution in [0.3, 0.4) is 0 Å². The molecule has 1 amide bonds. The van der Waals surface area contributed by atoms with Crippen LogP contribution in [-0.2, 0) is 4.79 Å². The number of aromatic amines is 1. The number of thiophene rings is 1. The smallest absolute Gasteiger partial charge is 0.232 e. The Labute approximate surface area is 110 Å². The van der Waals surface area contributed by atoms with Gasteiger partial charge in [-0.1, -0.05) is 13.8 Å². The molecule has 4 nitrogen and oxygen atoms in total. The van der Waals surface area contributed by atoms with Gasteiger partial charge in [0.2, 0.25) is 5.91 Å². The van der Waals surface area contributed by atoms with E-state index in [-0.39, 0.29) is 11.8 Å². The zero-order chi connectivity index (χ0) is 13.1. The van der Waals surface area contributed by atoms with E-state index in [9.17, 15) is 4.79 Å². The second-order valence-corrected chi connectivity index (χ2v) is 5.40. The molecular weight excluding hydrogens is 246 g/mol. The zero-order valence-corrected chi connectivity index (χ0v) is 11.5. The van der Waals surface area contributed by atoms with E-state index in [0.29, 0.717) is 11.7 Å². The highest BCUT2D eigenvalue weighted by Crippen LogP contribution is 2.24. The summed E-state index contributed by atoms with van der Waals surface area (Å²) in [6, 6.07) is 1.98. The Balaban J connectivity index is 2.09. The SMILES string of the molecule is CC(C)c1cn[nH]c1NC(=O)[C@H](C)c1ccsc1. The van der Waals surface area contributed by atoms with Gasteiger partial charge in [-0.2, -0.15) is 16.4 Å². The van der Waals surface area contributed by atoms with Crippen LogP contribution in [-0.4, -0.2) is 16.1 Å². The van der Waals surface area contributed by atoms with Gasteiger partial charge in [0.15, 0.2) is 0 Å². The fourth-order valence-electron chi connectivity index (χ4n) is 1.74. The summed E-state index contributed by atoms with van der Waals surface area (Å²) in [7, 11) is 0. The number of nitrogens with zero attached hydrogens (tertiary/aromatic N) is 1. The quantitative estimate of drug-likeness (QED) is 0.888. The molecule has 2 aromatic heterocycles. The Kier molecular flexibility index (Phi) is 3.81. The average Bonchev–Trinajstić information content (AvgIpc) is 2.98. The molecule has 2 aromatic rings. The summed E-state index contributed by atoms with van der Waals surface area (Å²) < 4.78 is 0. The van der Waals surface area contributed by atoms with E-state index < -0.39 is 0 Å². The first-order chi connectivity index (χ1) is 8.59. The van der Waals surface area contributed by atoms with E-state index in [1.807, 2.05) is 23.8 Å². The van der Waals surface area contributed by atoms with Crippen molar-refractivity contribution in [1.82, 2.24) is 10.2 Å². The lowest BCUT2D eigenvalue weighted by molar-refractivity contribution is -0.117. The molecule has 96 valence electrons. The molecule has 0 unspecified atom stereocenters. The van der Waals surface area contributed by atoms with E-state index in [1.165, 1.54) is 0 Å². The molecule has 0 aliphatic carbocycles. The molecule has 0 aliphatic heterocycles. The lowest BCUT2D eigenvalue weighted by Gasteiger charge is -2.12. The van der Waals surface area contributed by atoms with E-state index >= 15 is 0 Å². The highest BCUT2D eigenvalue weighted by atomic mass is 32.1. The summed E-state index contributed by atoms with van der Waals surface area (Å²) in [5, 5.41) is 13.7. The number of nitrogens with one attached hydrogen (secondary N) is 2. The molecule has 5 heteroatoms. The molecule has 1 atom stereocenters. The van der Waals surface area contributed by atoms with Crippen molar-refractivity contribution in [1.29, 1.82) is 0 Å². The molecule has 0 saturated carbocycles. The van der Waals surface area contributed by atoms with E-state index in [2.05, 4.69) is 29.4 Å². The van der Waals surface area contributed by atoms with Crippen LogP contribution in [0.25, 0.3) is 0 Å². The monoisotopic (exact) mass is 263 g/mol. The van der Waals surface area contributed by atoms with Crippen LogP contribution < -0.4 is 5.32 Å². The van der Waals surface area contributed by atoms with Crippen molar-refractivity contribution in [3.8, 4) is 0 Å². The Morgan fingerprint density at radius 3 is 2.83 bits per heavy atom. The Morgan fingerprint density at radius 2 is 2.22 bits per heavy atom. The maximum Gasteiger partial charge on any atom is 0.232 e. The molecule has 2 heterocycles. The fourth-order valence-corrected chi connectivity index (χ4v) is 2.49.